The van der Waals surface area contributed by atoms with E-state index < -0.39 is 0 Å². The maximum Gasteiger partial charge on any atom is 0.225 e. The van der Waals surface area contributed by atoms with Crippen LogP contribution >= 0.6 is 0 Å². The van der Waals surface area contributed by atoms with Crippen LogP contribution in [0.5, 0.6) is 5.88 Å². The molecular weight excluding hydrogens is 530 g/mol. The van der Waals surface area contributed by atoms with Crippen molar-refractivity contribution in [1.29, 1.82) is 0 Å². The molecular formula is C32H39N7O3. The number of aliphatic hydroxyl groups is 1. The van der Waals surface area contributed by atoms with E-state index in [1.165, 1.54) is 0 Å². The van der Waals surface area contributed by atoms with Crippen LogP contribution in [-0.2, 0) is 0 Å². The zero-order valence-electron chi connectivity index (χ0n) is 24.9. The molecule has 4 heterocycles. The summed E-state index contributed by atoms with van der Waals surface area (Å²) in [6.45, 7) is 10.7. The Kier molecular flexibility index (Phi) is 9.02. The number of anilines is 2. The Morgan fingerprint density at radius 1 is 1.02 bits per heavy atom. The molecule has 0 radical (unpaired) electrons. The first-order chi connectivity index (χ1) is 20.4. The highest BCUT2D eigenvalue weighted by atomic mass is 16.5. The van der Waals surface area contributed by atoms with Crippen molar-refractivity contribution in [1.82, 2.24) is 24.7 Å². The van der Waals surface area contributed by atoms with Gasteiger partial charge in [0.05, 0.1) is 35.3 Å². The lowest BCUT2D eigenvalue weighted by Crippen LogP contribution is -2.21. The number of benzene rings is 1. The molecule has 0 spiro atoms. The Morgan fingerprint density at radius 3 is 2.52 bits per heavy atom. The van der Waals surface area contributed by atoms with Crippen molar-refractivity contribution in [2.45, 2.75) is 66.0 Å². The monoisotopic (exact) mass is 569 g/mol. The van der Waals surface area contributed by atoms with E-state index in [-0.39, 0.29) is 18.7 Å². The Balaban J connectivity index is 1.49. The van der Waals surface area contributed by atoms with E-state index in [0.717, 1.165) is 46.4 Å². The molecule has 1 unspecified atom stereocenters. The molecule has 1 aromatic carbocycles. The molecule has 5 rings (SSSR count). The Hall–Kier alpha value is -4.44. The van der Waals surface area contributed by atoms with Crippen molar-refractivity contribution in [3.63, 3.8) is 0 Å². The second-order valence-electron chi connectivity index (χ2n) is 10.4. The standard InChI is InChI=1S/C32H39N7O3/c1-6-25(10-8-17-40)37-31-29(27-18-24-19-28(41-7-2)34-22(5)30(24)42-27)21(4)36-32(38-31)35-20(3)23-11-13-26(14-12-23)39-16-9-15-33-39/h9,11-16,18-20,25,40H,6-8,10,17H2,1-5H3,(H2,35,36,37,38)/t20-,25?/m1/s1. The Morgan fingerprint density at radius 2 is 1.83 bits per heavy atom. The number of rotatable bonds is 13. The highest BCUT2D eigenvalue weighted by molar-refractivity contribution is 5.88. The van der Waals surface area contributed by atoms with Gasteiger partial charge in [0.1, 0.15) is 11.6 Å². The van der Waals surface area contributed by atoms with Gasteiger partial charge in [-0.1, -0.05) is 19.1 Å². The highest BCUT2D eigenvalue weighted by Gasteiger charge is 2.22. The van der Waals surface area contributed by atoms with Crippen LogP contribution in [0.2, 0.25) is 0 Å². The number of aliphatic hydroxyl groups excluding tert-OH is 1. The third-order valence-corrected chi connectivity index (χ3v) is 7.33. The molecule has 220 valence electrons. The SMILES string of the molecule is CCOc1cc2cc(-c3c(C)nc(N[C@H](C)c4ccc(-n5cccn5)cc4)nc3NC(CC)CCCO)oc2c(C)n1. The van der Waals surface area contributed by atoms with E-state index in [0.29, 0.717) is 42.0 Å². The van der Waals surface area contributed by atoms with Gasteiger partial charge in [-0.05, 0) is 76.8 Å². The van der Waals surface area contributed by atoms with Gasteiger partial charge < -0.3 is 24.9 Å². The minimum absolute atomic E-state index is 0.0388. The molecule has 5 aromatic rings. The topological polar surface area (TPSA) is 123 Å². The van der Waals surface area contributed by atoms with Gasteiger partial charge >= 0.3 is 0 Å². The number of ether oxygens (including phenoxy) is 1. The normalized spacial score (nSPS) is 12.8. The van der Waals surface area contributed by atoms with Gasteiger partial charge in [0.25, 0.3) is 0 Å². The number of fused-ring (bicyclic) bond motifs is 1. The number of hydrogen-bond donors (Lipinski definition) is 3. The summed E-state index contributed by atoms with van der Waals surface area (Å²) in [5, 5.41) is 21.8. The van der Waals surface area contributed by atoms with Gasteiger partial charge in [-0.3, -0.25) is 0 Å². The molecule has 0 aliphatic heterocycles. The number of furan rings is 1. The smallest absolute Gasteiger partial charge is 0.225 e. The zero-order chi connectivity index (χ0) is 29.6. The van der Waals surface area contributed by atoms with E-state index in [9.17, 15) is 5.11 Å². The molecule has 10 heteroatoms. The maximum atomic E-state index is 9.44. The van der Waals surface area contributed by atoms with Crippen LogP contribution in [0.4, 0.5) is 11.8 Å². The summed E-state index contributed by atoms with van der Waals surface area (Å²) in [4.78, 5) is 14.3. The second-order valence-corrected chi connectivity index (χ2v) is 10.4. The lowest BCUT2D eigenvalue weighted by atomic mass is 10.1. The minimum atomic E-state index is -0.0388. The summed E-state index contributed by atoms with van der Waals surface area (Å²) in [7, 11) is 0. The van der Waals surface area contributed by atoms with E-state index in [1.54, 1.807) is 6.20 Å². The average Bonchev–Trinajstić information content (AvgIpc) is 3.66. The molecule has 0 fully saturated rings. The average molecular weight is 570 g/mol. The quantitative estimate of drug-likeness (QED) is 0.143. The molecule has 4 aromatic heterocycles. The summed E-state index contributed by atoms with van der Waals surface area (Å²) in [6, 6.07) is 14.1. The van der Waals surface area contributed by atoms with Crippen molar-refractivity contribution in [2.24, 2.45) is 0 Å². The lowest BCUT2D eigenvalue weighted by Gasteiger charge is -2.22. The van der Waals surface area contributed by atoms with Gasteiger partial charge in [-0.25, -0.2) is 14.6 Å². The molecule has 0 saturated heterocycles. The largest absolute Gasteiger partial charge is 0.478 e. The van der Waals surface area contributed by atoms with Gasteiger partial charge in [0.2, 0.25) is 11.8 Å². The van der Waals surface area contributed by atoms with Crippen molar-refractivity contribution in [3.05, 3.63) is 71.8 Å². The van der Waals surface area contributed by atoms with E-state index in [1.807, 2.05) is 62.0 Å². The fraction of sp³-hybridized carbons (Fsp3) is 0.375. The summed E-state index contributed by atoms with van der Waals surface area (Å²) >= 11 is 0. The molecule has 0 amide bonds. The first-order valence-corrected chi connectivity index (χ1v) is 14.6. The fourth-order valence-electron chi connectivity index (χ4n) is 5.08. The van der Waals surface area contributed by atoms with Crippen molar-refractivity contribution in [3.8, 4) is 22.9 Å². The number of aryl methyl sites for hydroxylation is 2. The van der Waals surface area contributed by atoms with Crippen LogP contribution < -0.4 is 15.4 Å². The van der Waals surface area contributed by atoms with E-state index in [2.05, 4.69) is 46.7 Å². The number of nitrogens with zero attached hydrogens (tertiary/aromatic N) is 5. The Labute approximate surface area is 246 Å². The molecule has 0 bridgehead atoms. The van der Waals surface area contributed by atoms with Crippen molar-refractivity contribution < 1.29 is 14.3 Å². The van der Waals surface area contributed by atoms with E-state index >= 15 is 0 Å². The molecule has 10 nitrogen and oxygen atoms in total. The molecule has 0 aliphatic carbocycles. The predicted molar refractivity (Wildman–Crippen MR) is 165 cm³/mol. The predicted octanol–water partition coefficient (Wildman–Crippen LogP) is 6.62. The molecule has 2 atom stereocenters. The lowest BCUT2D eigenvalue weighted by molar-refractivity contribution is 0.280. The third-order valence-electron chi connectivity index (χ3n) is 7.33. The first-order valence-electron chi connectivity index (χ1n) is 14.6. The summed E-state index contributed by atoms with van der Waals surface area (Å²) in [5.74, 6) is 2.44. The zero-order valence-corrected chi connectivity index (χ0v) is 24.9. The molecule has 3 N–H and O–H groups in total. The van der Waals surface area contributed by atoms with Crippen LogP contribution in [-0.4, -0.2) is 49.1 Å². The molecule has 0 saturated carbocycles. The van der Waals surface area contributed by atoms with Crippen LogP contribution in [0.1, 0.15) is 63.0 Å². The highest BCUT2D eigenvalue weighted by Crippen LogP contribution is 2.37. The third kappa shape index (κ3) is 6.38. The number of aromatic nitrogens is 5. The van der Waals surface area contributed by atoms with Gasteiger partial charge in [0, 0.05) is 36.5 Å². The van der Waals surface area contributed by atoms with E-state index in [4.69, 9.17) is 19.1 Å². The van der Waals surface area contributed by atoms with Gasteiger partial charge in [0.15, 0.2) is 5.58 Å². The van der Waals surface area contributed by atoms with Gasteiger partial charge in [-0.2, -0.15) is 10.1 Å². The summed E-state index contributed by atoms with van der Waals surface area (Å²) in [6.07, 6.45) is 6.09. The fourth-order valence-corrected chi connectivity index (χ4v) is 5.08. The Bertz CT molecular complexity index is 1610. The van der Waals surface area contributed by atoms with Crippen LogP contribution in [0.3, 0.4) is 0 Å². The summed E-state index contributed by atoms with van der Waals surface area (Å²) in [5.41, 5.74) is 5.15. The number of hydrogen-bond acceptors (Lipinski definition) is 9. The van der Waals surface area contributed by atoms with Crippen LogP contribution in [0.25, 0.3) is 28.0 Å². The number of nitrogens with one attached hydrogen (secondary N) is 2. The first kappa shape index (κ1) is 29.1. The second kappa shape index (κ2) is 13.0. The van der Waals surface area contributed by atoms with Gasteiger partial charge in [-0.15, -0.1) is 0 Å². The molecule has 42 heavy (non-hydrogen) atoms. The maximum absolute atomic E-state index is 9.44. The minimum Gasteiger partial charge on any atom is -0.478 e. The van der Waals surface area contributed by atoms with Crippen LogP contribution in [0.15, 0.2) is 59.3 Å². The molecule has 0 aliphatic rings. The van der Waals surface area contributed by atoms with Crippen LogP contribution in [0, 0.1) is 13.8 Å². The van der Waals surface area contributed by atoms with Crippen molar-refractivity contribution in [2.75, 3.05) is 23.8 Å². The summed E-state index contributed by atoms with van der Waals surface area (Å²) < 4.78 is 13.8. The van der Waals surface area contributed by atoms with Crippen molar-refractivity contribution >= 4 is 22.7 Å². The number of pyridine rings is 1.